The maximum Gasteiger partial charge on any atom is 0.407 e. The molecule has 1 aliphatic rings. The van der Waals surface area contributed by atoms with Crippen molar-refractivity contribution in [2.24, 2.45) is 0 Å². The zero-order chi connectivity index (χ0) is 22.5. The molecule has 0 fully saturated rings. The number of hydrogen-bond donors (Lipinski definition) is 3. The fraction of sp³-hybridized carbons (Fsp3) is 0.217. The first-order chi connectivity index (χ1) is 15.5. The molecule has 164 valence electrons. The quantitative estimate of drug-likeness (QED) is 0.485. The van der Waals surface area contributed by atoms with E-state index in [0.29, 0.717) is 11.4 Å². The molecule has 1 heterocycles. The van der Waals surface area contributed by atoms with Gasteiger partial charge < -0.3 is 20.5 Å². The van der Waals surface area contributed by atoms with Crippen molar-refractivity contribution in [2.45, 2.75) is 12.3 Å². The number of amides is 2. The van der Waals surface area contributed by atoms with Crippen LogP contribution in [0.25, 0.3) is 11.1 Å². The largest absolute Gasteiger partial charge is 0.476 e. The lowest BCUT2D eigenvalue weighted by Crippen LogP contribution is -2.38. The normalized spacial score (nSPS) is 12.0. The van der Waals surface area contributed by atoms with E-state index in [1.165, 1.54) is 16.7 Å². The summed E-state index contributed by atoms with van der Waals surface area (Å²) in [5.41, 5.74) is 4.52. The van der Waals surface area contributed by atoms with Crippen LogP contribution in [0.1, 0.15) is 32.5 Å². The molecule has 2 aromatic carbocycles. The number of aromatic nitrogens is 1. The number of alkyl carbamates (subject to hydrolysis) is 1. The summed E-state index contributed by atoms with van der Waals surface area (Å²) in [5, 5.41) is 16.1. The second kappa shape index (κ2) is 9.61. The molecular weight excluding hydrogens is 430 g/mol. The van der Waals surface area contributed by atoms with Crippen molar-refractivity contribution in [1.29, 1.82) is 0 Å². The van der Waals surface area contributed by atoms with E-state index in [0.717, 1.165) is 22.3 Å². The molecule has 0 bridgehead atoms. The number of aromatic carboxylic acids is 1. The standard InChI is InChI=1S/C23H21N3O5S/c27-20(24-10-9-21-26-19(13-32-21)22(28)29)11-25-23(30)31-12-18-16-7-3-1-5-14(16)15-6-2-4-8-17(15)18/h1-8,13,18H,9-12H2,(H,24,27)(H,25,30)(H,28,29). The van der Waals surface area contributed by atoms with E-state index in [2.05, 4.69) is 27.8 Å². The molecular formula is C23H21N3O5S. The summed E-state index contributed by atoms with van der Waals surface area (Å²) in [5.74, 6) is -1.49. The van der Waals surface area contributed by atoms with Gasteiger partial charge in [-0.05, 0) is 22.3 Å². The monoisotopic (exact) mass is 451 g/mol. The molecule has 4 rings (SSSR count). The fourth-order valence-corrected chi connectivity index (χ4v) is 4.47. The molecule has 9 heteroatoms. The third kappa shape index (κ3) is 4.78. The second-order valence-corrected chi connectivity index (χ2v) is 8.15. The summed E-state index contributed by atoms with van der Waals surface area (Å²) in [4.78, 5) is 38.8. The maximum absolute atomic E-state index is 12.1. The number of carboxylic acids is 1. The number of fused-ring (bicyclic) bond motifs is 3. The number of hydrogen-bond acceptors (Lipinski definition) is 6. The molecule has 1 aromatic heterocycles. The number of carbonyl (C=O) groups is 3. The number of rotatable bonds is 8. The predicted octanol–water partition coefficient (Wildman–Crippen LogP) is 3.04. The van der Waals surface area contributed by atoms with Crippen LogP contribution in [0.5, 0.6) is 0 Å². The lowest BCUT2D eigenvalue weighted by molar-refractivity contribution is -0.120. The number of carbonyl (C=O) groups excluding carboxylic acids is 2. The smallest absolute Gasteiger partial charge is 0.407 e. The molecule has 1 aliphatic carbocycles. The molecule has 0 atom stereocenters. The first-order valence-electron chi connectivity index (χ1n) is 10.1. The van der Waals surface area contributed by atoms with Gasteiger partial charge in [-0.25, -0.2) is 14.6 Å². The molecule has 3 aromatic rings. The highest BCUT2D eigenvalue weighted by Gasteiger charge is 2.29. The number of benzene rings is 2. The van der Waals surface area contributed by atoms with E-state index in [9.17, 15) is 14.4 Å². The Kier molecular flexibility index (Phi) is 6.46. The predicted molar refractivity (Wildman–Crippen MR) is 119 cm³/mol. The van der Waals surface area contributed by atoms with Crippen molar-refractivity contribution in [2.75, 3.05) is 19.7 Å². The molecule has 0 aliphatic heterocycles. The summed E-state index contributed by atoms with van der Waals surface area (Å²) in [6.45, 7) is 0.254. The summed E-state index contributed by atoms with van der Waals surface area (Å²) in [7, 11) is 0. The highest BCUT2D eigenvalue weighted by atomic mass is 32.1. The van der Waals surface area contributed by atoms with Gasteiger partial charge in [0.1, 0.15) is 6.61 Å². The molecule has 0 saturated carbocycles. The summed E-state index contributed by atoms with van der Waals surface area (Å²) in [6, 6.07) is 16.1. The highest BCUT2D eigenvalue weighted by Crippen LogP contribution is 2.44. The van der Waals surface area contributed by atoms with Gasteiger partial charge in [0.05, 0.1) is 11.6 Å². The van der Waals surface area contributed by atoms with Crippen LogP contribution in [0.3, 0.4) is 0 Å². The number of ether oxygens (including phenoxy) is 1. The summed E-state index contributed by atoms with van der Waals surface area (Å²) in [6.07, 6.45) is -0.248. The van der Waals surface area contributed by atoms with Crippen LogP contribution >= 0.6 is 11.3 Å². The van der Waals surface area contributed by atoms with Crippen molar-refractivity contribution < 1.29 is 24.2 Å². The Labute approximate surface area is 188 Å². The lowest BCUT2D eigenvalue weighted by atomic mass is 9.98. The maximum atomic E-state index is 12.1. The Balaban J connectivity index is 1.21. The lowest BCUT2D eigenvalue weighted by Gasteiger charge is -2.14. The van der Waals surface area contributed by atoms with Gasteiger partial charge in [-0.1, -0.05) is 48.5 Å². The Morgan fingerprint density at radius 2 is 1.66 bits per heavy atom. The van der Waals surface area contributed by atoms with Gasteiger partial charge in [0, 0.05) is 24.3 Å². The summed E-state index contributed by atoms with van der Waals surface area (Å²) < 4.78 is 5.40. The molecule has 32 heavy (non-hydrogen) atoms. The van der Waals surface area contributed by atoms with Gasteiger partial charge in [-0.15, -0.1) is 11.3 Å². The number of thiazole rings is 1. The van der Waals surface area contributed by atoms with Crippen molar-refractivity contribution in [3.8, 4) is 11.1 Å². The zero-order valence-corrected chi connectivity index (χ0v) is 17.9. The van der Waals surface area contributed by atoms with E-state index < -0.39 is 12.1 Å². The first-order valence-corrected chi connectivity index (χ1v) is 10.9. The van der Waals surface area contributed by atoms with E-state index in [1.54, 1.807) is 0 Å². The minimum absolute atomic E-state index is 0.00625. The molecule has 3 N–H and O–H groups in total. The molecule has 0 radical (unpaired) electrons. The van der Waals surface area contributed by atoms with Gasteiger partial charge in [0.2, 0.25) is 5.91 Å². The highest BCUT2D eigenvalue weighted by molar-refractivity contribution is 7.09. The molecule has 0 saturated heterocycles. The summed E-state index contributed by atoms with van der Waals surface area (Å²) >= 11 is 1.22. The molecule has 8 nitrogen and oxygen atoms in total. The number of nitrogens with zero attached hydrogens (tertiary/aromatic N) is 1. The Hall–Kier alpha value is -3.72. The number of carboxylic acid groups (broad SMARTS) is 1. The molecule has 0 spiro atoms. The van der Waals surface area contributed by atoms with E-state index in [-0.39, 0.29) is 37.2 Å². The van der Waals surface area contributed by atoms with Gasteiger partial charge in [0.25, 0.3) is 0 Å². The molecule has 0 unspecified atom stereocenters. The van der Waals surface area contributed by atoms with Crippen molar-refractivity contribution in [1.82, 2.24) is 15.6 Å². The van der Waals surface area contributed by atoms with E-state index in [1.807, 2.05) is 36.4 Å². The van der Waals surface area contributed by atoms with E-state index >= 15 is 0 Å². The Morgan fingerprint density at radius 1 is 1.00 bits per heavy atom. The number of nitrogens with one attached hydrogen (secondary N) is 2. The minimum Gasteiger partial charge on any atom is -0.476 e. The van der Waals surface area contributed by atoms with Crippen molar-refractivity contribution in [3.05, 3.63) is 75.7 Å². The Morgan fingerprint density at radius 3 is 2.28 bits per heavy atom. The van der Waals surface area contributed by atoms with Crippen LogP contribution in [0, 0.1) is 0 Å². The van der Waals surface area contributed by atoms with E-state index in [4.69, 9.17) is 9.84 Å². The molecule has 2 amide bonds. The third-order valence-corrected chi connectivity index (χ3v) is 6.08. The third-order valence-electron chi connectivity index (χ3n) is 5.17. The van der Waals surface area contributed by atoms with Crippen LogP contribution in [0.4, 0.5) is 4.79 Å². The van der Waals surface area contributed by atoms with Gasteiger partial charge in [0.15, 0.2) is 5.69 Å². The van der Waals surface area contributed by atoms with Gasteiger partial charge in [-0.3, -0.25) is 4.79 Å². The second-order valence-electron chi connectivity index (χ2n) is 7.21. The van der Waals surface area contributed by atoms with Crippen LogP contribution in [-0.4, -0.2) is 47.8 Å². The van der Waals surface area contributed by atoms with Crippen molar-refractivity contribution >= 4 is 29.3 Å². The average molecular weight is 452 g/mol. The average Bonchev–Trinajstić information content (AvgIpc) is 3.39. The van der Waals surface area contributed by atoms with Crippen LogP contribution in [0.2, 0.25) is 0 Å². The van der Waals surface area contributed by atoms with Crippen LogP contribution in [-0.2, 0) is 16.0 Å². The van der Waals surface area contributed by atoms with Crippen molar-refractivity contribution in [3.63, 3.8) is 0 Å². The Bertz CT molecular complexity index is 1110. The topological polar surface area (TPSA) is 118 Å². The van der Waals surface area contributed by atoms with Crippen LogP contribution in [0.15, 0.2) is 53.9 Å². The first kappa shape index (κ1) is 21.5. The van der Waals surface area contributed by atoms with Gasteiger partial charge >= 0.3 is 12.1 Å². The zero-order valence-electron chi connectivity index (χ0n) is 17.0. The van der Waals surface area contributed by atoms with Crippen LogP contribution < -0.4 is 10.6 Å². The minimum atomic E-state index is -1.08. The fourth-order valence-electron chi connectivity index (χ4n) is 3.70. The van der Waals surface area contributed by atoms with Gasteiger partial charge in [-0.2, -0.15) is 0 Å². The SMILES string of the molecule is O=C(CNC(=O)OCC1c2ccccc2-c2ccccc21)NCCc1nc(C(=O)O)cs1.